The maximum Gasteiger partial charge on any atom is 0.176 e. The first kappa shape index (κ1) is 10.1. The van der Waals surface area contributed by atoms with E-state index in [4.69, 9.17) is 9.47 Å². The Hall–Kier alpha value is -0.120. The van der Waals surface area contributed by atoms with E-state index in [-0.39, 0.29) is 12.0 Å². The predicted octanol–water partition coefficient (Wildman–Crippen LogP) is 1.69. The van der Waals surface area contributed by atoms with Crippen LogP contribution in [0.4, 0.5) is 0 Å². The second-order valence-corrected chi connectivity index (χ2v) is 5.39. The van der Waals surface area contributed by atoms with Gasteiger partial charge in [0.1, 0.15) is 0 Å². The minimum Gasteiger partial charge on any atom is -0.396 e. The Morgan fingerprint density at radius 2 is 1.93 bits per heavy atom. The van der Waals surface area contributed by atoms with Crippen LogP contribution in [-0.2, 0) is 9.47 Å². The van der Waals surface area contributed by atoms with Crippen molar-refractivity contribution in [2.75, 3.05) is 19.8 Å². The number of aliphatic hydroxyl groups excluding tert-OH is 1. The molecule has 1 aliphatic heterocycles. The van der Waals surface area contributed by atoms with Crippen LogP contribution in [0.15, 0.2) is 0 Å². The Balaban J connectivity index is 1.93. The van der Waals surface area contributed by atoms with Crippen LogP contribution in [0.3, 0.4) is 0 Å². The standard InChI is InChI=1S/C12H20O3/c13-9-11-4-1-2-10(8-11)3-5-12(11)14-6-7-15-12/h10,13H,1-9H2. The van der Waals surface area contributed by atoms with Crippen LogP contribution in [0.25, 0.3) is 0 Å². The zero-order valence-corrected chi connectivity index (χ0v) is 9.21. The van der Waals surface area contributed by atoms with Crippen molar-refractivity contribution in [1.82, 2.24) is 0 Å². The summed E-state index contributed by atoms with van der Waals surface area (Å²) in [6.45, 7) is 1.63. The van der Waals surface area contributed by atoms with Crippen molar-refractivity contribution < 1.29 is 14.6 Å². The number of rotatable bonds is 1. The summed E-state index contributed by atoms with van der Waals surface area (Å²) in [6.07, 6.45) is 6.92. The number of hydrogen-bond donors (Lipinski definition) is 1. The van der Waals surface area contributed by atoms with Crippen LogP contribution in [0, 0.1) is 11.3 Å². The quantitative estimate of drug-likeness (QED) is 0.719. The van der Waals surface area contributed by atoms with Gasteiger partial charge < -0.3 is 14.6 Å². The zero-order valence-electron chi connectivity index (χ0n) is 9.21. The molecule has 0 aromatic heterocycles. The number of fused-ring (bicyclic) bond motifs is 3. The van der Waals surface area contributed by atoms with E-state index in [0.717, 1.165) is 25.2 Å². The van der Waals surface area contributed by atoms with Gasteiger partial charge in [-0.25, -0.2) is 0 Å². The SMILES string of the molecule is OCC12CCCC(CCC13OCCO3)C2. The molecule has 1 N–H and O–H groups in total. The monoisotopic (exact) mass is 212 g/mol. The van der Waals surface area contributed by atoms with Gasteiger partial charge in [-0.15, -0.1) is 0 Å². The summed E-state index contributed by atoms with van der Waals surface area (Å²) in [5.74, 6) is 0.364. The lowest BCUT2D eigenvalue weighted by atomic mass is 9.59. The predicted molar refractivity (Wildman–Crippen MR) is 55.3 cm³/mol. The van der Waals surface area contributed by atoms with Crippen molar-refractivity contribution in [3.05, 3.63) is 0 Å². The van der Waals surface area contributed by atoms with E-state index < -0.39 is 5.79 Å². The van der Waals surface area contributed by atoms with Crippen molar-refractivity contribution in [3.63, 3.8) is 0 Å². The van der Waals surface area contributed by atoms with Gasteiger partial charge in [0.25, 0.3) is 0 Å². The average Bonchev–Trinajstić information content (AvgIpc) is 2.75. The molecule has 3 fully saturated rings. The van der Waals surface area contributed by atoms with Crippen LogP contribution in [0.5, 0.6) is 0 Å². The fourth-order valence-corrected chi connectivity index (χ4v) is 3.91. The van der Waals surface area contributed by atoms with E-state index in [9.17, 15) is 5.11 Å². The Morgan fingerprint density at radius 1 is 1.13 bits per heavy atom. The summed E-state index contributed by atoms with van der Waals surface area (Å²) in [6, 6.07) is 0. The van der Waals surface area contributed by atoms with Gasteiger partial charge in [0.2, 0.25) is 0 Å². The molecule has 86 valence electrons. The molecule has 0 radical (unpaired) electrons. The topological polar surface area (TPSA) is 38.7 Å². The summed E-state index contributed by atoms with van der Waals surface area (Å²) in [5, 5.41) is 9.76. The number of ether oxygens (including phenoxy) is 2. The summed E-state index contributed by atoms with van der Waals surface area (Å²) in [4.78, 5) is 0. The lowest BCUT2D eigenvalue weighted by Gasteiger charge is -2.54. The molecule has 2 bridgehead atoms. The van der Waals surface area contributed by atoms with E-state index in [1.54, 1.807) is 0 Å². The van der Waals surface area contributed by atoms with Crippen LogP contribution >= 0.6 is 0 Å². The number of hydrogen-bond acceptors (Lipinski definition) is 3. The molecule has 2 atom stereocenters. The lowest BCUT2D eigenvalue weighted by molar-refractivity contribution is -0.282. The third-order valence-electron chi connectivity index (χ3n) is 4.69. The molecule has 3 nitrogen and oxygen atoms in total. The molecule has 0 aromatic carbocycles. The Kier molecular flexibility index (Phi) is 2.31. The molecule has 3 rings (SSSR count). The third kappa shape index (κ3) is 1.30. The van der Waals surface area contributed by atoms with Crippen molar-refractivity contribution in [2.45, 2.75) is 44.3 Å². The maximum atomic E-state index is 9.76. The van der Waals surface area contributed by atoms with Crippen molar-refractivity contribution in [2.24, 2.45) is 11.3 Å². The summed E-state index contributed by atoms with van der Waals surface area (Å²) >= 11 is 0. The smallest absolute Gasteiger partial charge is 0.176 e. The average molecular weight is 212 g/mol. The third-order valence-corrected chi connectivity index (χ3v) is 4.69. The van der Waals surface area contributed by atoms with Crippen LogP contribution in [-0.4, -0.2) is 30.7 Å². The van der Waals surface area contributed by atoms with Gasteiger partial charge in [0, 0.05) is 11.8 Å². The molecule has 0 amide bonds. The van der Waals surface area contributed by atoms with Gasteiger partial charge in [0.05, 0.1) is 19.8 Å². The van der Waals surface area contributed by atoms with E-state index in [2.05, 4.69) is 0 Å². The van der Waals surface area contributed by atoms with Crippen LogP contribution < -0.4 is 0 Å². The van der Waals surface area contributed by atoms with E-state index in [0.29, 0.717) is 13.2 Å². The Morgan fingerprint density at radius 3 is 2.67 bits per heavy atom. The fraction of sp³-hybridized carbons (Fsp3) is 1.00. The minimum atomic E-state index is -0.432. The molecule has 0 aromatic rings. The maximum absolute atomic E-state index is 9.76. The van der Waals surface area contributed by atoms with E-state index in [1.807, 2.05) is 0 Å². The molecule has 2 saturated carbocycles. The summed E-state index contributed by atoms with van der Waals surface area (Å²) in [5.41, 5.74) is -0.0926. The molecule has 3 heteroatoms. The first-order chi connectivity index (χ1) is 7.30. The highest BCUT2D eigenvalue weighted by Gasteiger charge is 2.59. The van der Waals surface area contributed by atoms with Gasteiger partial charge in [-0.3, -0.25) is 0 Å². The first-order valence-electron chi connectivity index (χ1n) is 6.19. The second-order valence-electron chi connectivity index (χ2n) is 5.39. The molecule has 15 heavy (non-hydrogen) atoms. The lowest BCUT2D eigenvalue weighted by Crippen LogP contribution is -2.57. The van der Waals surface area contributed by atoms with Crippen molar-refractivity contribution in [1.29, 1.82) is 0 Å². The molecule has 2 unspecified atom stereocenters. The Labute approximate surface area is 90.8 Å². The molecule has 1 saturated heterocycles. The highest BCUT2D eigenvalue weighted by molar-refractivity contribution is 5.03. The van der Waals surface area contributed by atoms with Gasteiger partial charge in [-0.1, -0.05) is 12.8 Å². The fourth-order valence-electron chi connectivity index (χ4n) is 3.91. The second kappa shape index (κ2) is 3.44. The molecule has 1 spiro atoms. The van der Waals surface area contributed by atoms with E-state index >= 15 is 0 Å². The van der Waals surface area contributed by atoms with Gasteiger partial charge in [-0.2, -0.15) is 0 Å². The van der Waals surface area contributed by atoms with Crippen molar-refractivity contribution >= 4 is 0 Å². The minimum absolute atomic E-state index is 0.0926. The normalized spacial score (nSPS) is 43.4. The van der Waals surface area contributed by atoms with Crippen LogP contribution in [0.1, 0.15) is 38.5 Å². The molecular weight excluding hydrogens is 192 g/mol. The highest BCUT2D eigenvalue weighted by atomic mass is 16.7. The molecule has 1 heterocycles. The van der Waals surface area contributed by atoms with Gasteiger partial charge in [-0.05, 0) is 25.2 Å². The molecular formula is C12H20O3. The molecule has 3 aliphatic rings. The van der Waals surface area contributed by atoms with E-state index in [1.165, 1.54) is 19.3 Å². The highest BCUT2D eigenvalue weighted by Crippen LogP contribution is 2.57. The van der Waals surface area contributed by atoms with Gasteiger partial charge >= 0.3 is 0 Å². The molecule has 2 aliphatic carbocycles. The first-order valence-corrected chi connectivity index (χ1v) is 6.19. The van der Waals surface area contributed by atoms with Crippen molar-refractivity contribution in [3.8, 4) is 0 Å². The Bertz CT molecular complexity index is 247. The largest absolute Gasteiger partial charge is 0.396 e. The number of aliphatic hydroxyl groups is 1. The summed E-state index contributed by atoms with van der Waals surface area (Å²) in [7, 11) is 0. The van der Waals surface area contributed by atoms with Crippen LogP contribution in [0.2, 0.25) is 0 Å². The zero-order chi connectivity index (χ0) is 10.4. The van der Waals surface area contributed by atoms with Gasteiger partial charge in [0.15, 0.2) is 5.79 Å². The summed E-state index contributed by atoms with van der Waals surface area (Å²) < 4.78 is 11.8.